The van der Waals surface area contributed by atoms with Gasteiger partial charge in [-0.15, -0.1) is 0 Å². The maximum absolute atomic E-state index is 12.7. The van der Waals surface area contributed by atoms with Crippen LogP contribution in [0.2, 0.25) is 0 Å². The maximum atomic E-state index is 12.7. The largest absolute Gasteiger partial charge is 0.376 e. The van der Waals surface area contributed by atoms with E-state index in [4.69, 9.17) is 9.26 Å². The van der Waals surface area contributed by atoms with E-state index >= 15 is 0 Å². The van der Waals surface area contributed by atoms with Crippen molar-refractivity contribution in [3.05, 3.63) is 83.5 Å². The van der Waals surface area contributed by atoms with Crippen molar-refractivity contribution < 1.29 is 14.1 Å². The molecule has 1 saturated heterocycles. The molecule has 1 atom stereocenters. The molecule has 1 fully saturated rings. The topological polar surface area (TPSA) is 80.5 Å². The van der Waals surface area contributed by atoms with Crippen molar-refractivity contribution in [1.29, 1.82) is 0 Å². The third-order valence-corrected chi connectivity index (χ3v) is 5.15. The van der Waals surface area contributed by atoms with Crippen molar-refractivity contribution in [3.8, 4) is 0 Å². The highest BCUT2D eigenvalue weighted by molar-refractivity contribution is 5.74. The Labute approximate surface area is 176 Å². The Balaban J connectivity index is 1.27. The van der Waals surface area contributed by atoms with E-state index in [1.165, 1.54) is 0 Å². The van der Waals surface area contributed by atoms with Gasteiger partial charge in [0.15, 0.2) is 5.82 Å². The summed E-state index contributed by atoms with van der Waals surface area (Å²) in [6.07, 6.45) is 2.31. The molecule has 156 valence electrons. The molecule has 2 amide bonds. The van der Waals surface area contributed by atoms with Crippen molar-refractivity contribution in [2.24, 2.45) is 0 Å². The number of aromatic nitrogens is 2. The van der Waals surface area contributed by atoms with E-state index < -0.39 is 0 Å². The fraction of sp³-hybridized carbons (Fsp3) is 0.348. The number of nitrogens with one attached hydrogen (secondary N) is 1. The standard InChI is InChI=1S/C23H26N4O3/c28-23(24-16-18-8-3-1-4-9-18)27-14-7-12-20(27)22-25-21(26-30-22)13-15-29-17-19-10-5-2-6-11-19/h1-6,8-11,20H,7,12-17H2,(H,24,28). The molecule has 4 rings (SSSR count). The number of nitrogens with zero attached hydrogens (tertiary/aromatic N) is 3. The molecule has 0 saturated carbocycles. The lowest BCUT2D eigenvalue weighted by molar-refractivity contribution is 0.122. The van der Waals surface area contributed by atoms with Gasteiger partial charge in [0.1, 0.15) is 6.04 Å². The molecule has 0 spiro atoms. The number of amides is 2. The van der Waals surface area contributed by atoms with Crippen LogP contribution in [0.5, 0.6) is 0 Å². The van der Waals surface area contributed by atoms with Gasteiger partial charge in [0, 0.05) is 19.5 Å². The quantitative estimate of drug-likeness (QED) is 0.574. The van der Waals surface area contributed by atoms with Crippen molar-refractivity contribution in [2.75, 3.05) is 13.2 Å². The highest BCUT2D eigenvalue weighted by Gasteiger charge is 2.34. The van der Waals surface area contributed by atoms with Crippen molar-refractivity contribution in [2.45, 2.75) is 38.5 Å². The van der Waals surface area contributed by atoms with Gasteiger partial charge in [-0.3, -0.25) is 0 Å². The summed E-state index contributed by atoms with van der Waals surface area (Å²) >= 11 is 0. The molecule has 1 aromatic heterocycles. The molecule has 1 aliphatic heterocycles. The molecule has 7 nitrogen and oxygen atoms in total. The van der Waals surface area contributed by atoms with Crippen LogP contribution in [0, 0.1) is 0 Å². The summed E-state index contributed by atoms with van der Waals surface area (Å²) in [7, 11) is 0. The molecule has 7 heteroatoms. The molecule has 2 heterocycles. The number of rotatable bonds is 8. The normalized spacial score (nSPS) is 16.0. The smallest absolute Gasteiger partial charge is 0.318 e. The van der Waals surface area contributed by atoms with E-state index in [1.54, 1.807) is 4.90 Å². The second kappa shape index (κ2) is 10.0. The van der Waals surface area contributed by atoms with E-state index in [9.17, 15) is 4.79 Å². The Morgan fingerprint density at radius 3 is 2.60 bits per heavy atom. The Morgan fingerprint density at radius 1 is 1.10 bits per heavy atom. The molecule has 0 radical (unpaired) electrons. The Bertz CT molecular complexity index is 930. The molecule has 1 aliphatic rings. The van der Waals surface area contributed by atoms with Crippen molar-refractivity contribution in [1.82, 2.24) is 20.4 Å². The highest BCUT2D eigenvalue weighted by Crippen LogP contribution is 2.30. The predicted molar refractivity (Wildman–Crippen MR) is 111 cm³/mol. The summed E-state index contributed by atoms with van der Waals surface area (Å²) in [5, 5.41) is 7.05. The minimum Gasteiger partial charge on any atom is -0.376 e. The van der Waals surface area contributed by atoms with Crippen LogP contribution in [-0.2, 0) is 24.3 Å². The van der Waals surface area contributed by atoms with E-state index in [2.05, 4.69) is 15.5 Å². The lowest BCUT2D eigenvalue weighted by Crippen LogP contribution is -2.39. The number of carbonyl (C=O) groups is 1. The average molecular weight is 406 g/mol. The van der Waals surface area contributed by atoms with Gasteiger partial charge >= 0.3 is 6.03 Å². The third-order valence-electron chi connectivity index (χ3n) is 5.15. The first kappa shape index (κ1) is 20.1. The van der Waals surface area contributed by atoms with Gasteiger partial charge in [-0.25, -0.2) is 4.79 Å². The summed E-state index contributed by atoms with van der Waals surface area (Å²) in [6, 6.07) is 19.6. The van der Waals surface area contributed by atoms with Gasteiger partial charge in [0.2, 0.25) is 5.89 Å². The first-order valence-corrected chi connectivity index (χ1v) is 10.3. The number of ether oxygens (including phenoxy) is 1. The molecule has 2 aromatic carbocycles. The molecule has 1 unspecified atom stereocenters. The Morgan fingerprint density at radius 2 is 1.83 bits per heavy atom. The number of hydrogen-bond donors (Lipinski definition) is 1. The number of carbonyl (C=O) groups excluding carboxylic acids is 1. The van der Waals surface area contributed by atoms with Gasteiger partial charge in [-0.1, -0.05) is 65.8 Å². The number of likely N-dealkylation sites (tertiary alicyclic amines) is 1. The number of urea groups is 1. The second-order valence-corrected chi connectivity index (χ2v) is 7.33. The SMILES string of the molecule is O=C(NCc1ccccc1)N1CCCC1c1nc(CCOCc2ccccc2)no1. The summed E-state index contributed by atoms with van der Waals surface area (Å²) in [5.74, 6) is 1.11. The first-order chi connectivity index (χ1) is 14.8. The fourth-order valence-electron chi connectivity index (χ4n) is 3.57. The molecular weight excluding hydrogens is 380 g/mol. The lowest BCUT2D eigenvalue weighted by Gasteiger charge is -2.22. The third kappa shape index (κ3) is 5.24. The molecular formula is C23H26N4O3. The van der Waals surface area contributed by atoms with Gasteiger partial charge in [0.05, 0.1) is 13.2 Å². The van der Waals surface area contributed by atoms with Crippen LogP contribution in [-0.4, -0.2) is 34.2 Å². The van der Waals surface area contributed by atoms with Crippen LogP contribution in [0.4, 0.5) is 4.79 Å². The van der Waals surface area contributed by atoms with Crippen LogP contribution in [0.25, 0.3) is 0 Å². The lowest BCUT2D eigenvalue weighted by atomic mass is 10.2. The Hall–Kier alpha value is -3.19. The monoisotopic (exact) mass is 406 g/mol. The van der Waals surface area contributed by atoms with E-state index in [0.717, 1.165) is 24.0 Å². The minimum absolute atomic E-state index is 0.104. The molecule has 0 bridgehead atoms. The zero-order valence-electron chi connectivity index (χ0n) is 16.9. The van der Waals surface area contributed by atoms with E-state index in [-0.39, 0.29) is 12.1 Å². The van der Waals surface area contributed by atoms with Gasteiger partial charge in [-0.05, 0) is 24.0 Å². The highest BCUT2D eigenvalue weighted by atomic mass is 16.5. The minimum atomic E-state index is -0.174. The van der Waals surface area contributed by atoms with Crippen LogP contribution in [0.15, 0.2) is 65.2 Å². The zero-order chi connectivity index (χ0) is 20.6. The van der Waals surface area contributed by atoms with Crippen LogP contribution < -0.4 is 5.32 Å². The van der Waals surface area contributed by atoms with Crippen molar-refractivity contribution >= 4 is 6.03 Å². The Kier molecular flexibility index (Phi) is 6.72. The zero-order valence-corrected chi connectivity index (χ0v) is 16.9. The predicted octanol–water partition coefficient (Wildman–Crippen LogP) is 3.88. The second-order valence-electron chi connectivity index (χ2n) is 7.33. The van der Waals surface area contributed by atoms with Gasteiger partial charge in [-0.2, -0.15) is 4.98 Å². The van der Waals surface area contributed by atoms with Crippen molar-refractivity contribution in [3.63, 3.8) is 0 Å². The molecule has 0 aliphatic carbocycles. The fourth-order valence-corrected chi connectivity index (χ4v) is 3.57. The van der Waals surface area contributed by atoms with Gasteiger partial charge in [0.25, 0.3) is 0 Å². The average Bonchev–Trinajstić information content (AvgIpc) is 3.46. The number of benzene rings is 2. The van der Waals surface area contributed by atoms with E-state index in [0.29, 0.717) is 44.4 Å². The maximum Gasteiger partial charge on any atom is 0.318 e. The molecule has 3 aromatic rings. The van der Waals surface area contributed by atoms with Crippen LogP contribution >= 0.6 is 0 Å². The summed E-state index contributed by atoms with van der Waals surface area (Å²) in [4.78, 5) is 19.0. The molecule has 1 N–H and O–H groups in total. The summed E-state index contributed by atoms with van der Waals surface area (Å²) in [6.45, 7) is 2.25. The van der Waals surface area contributed by atoms with Crippen LogP contribution in [0.1, 0.15) is 41.7 Å². The molecule has 30 heavy (non-hydrogen) atoms. The summed E-state index contributed by atoms with van der Waals surface area (Å²) in [5.41, 5.74) is 2.20. The van der Waals surface area contributed by atoms with E-state index in [1.807, 2.05) is 60.7 Å². The first-order valence-electron chi connectivity index (χ1n) is 10.3. The van der Waals surface area contributed by atoms with Crippen LogP contribution in [0.3, 0.4) is 0 Å². The summed E-state index contributed by atoms with van der Waals surface area (Å²) < 4.78 is 11.2. The number of hydrogen-bond acceptors (Lipinski definition) is 5. The van der Waals surface area contributed by atoms with Gasteiger partial charge < -0.3 is 19.5 Å².